The lowest BCUT2D eigenvalue weighted by atomic mass is 10.1. The number of urea groups is 1. The highest BCUT2D eigenvalue weighted by Gasteiger charge is 2.38. The summed E-state index contributed by atoms with van der Waals surface area (Å²) in [5.41, 5.74) is 2.78. The van der Waals surface area contributed by atoms with E-state index in [1.54, 1.807) is 30.3 Å². The van der Waals surface area contributed by atoms with Gasteiger partial charge >= 0.3 is 6.03 Å². The first-order valence-electron chi connectivity index (χ1n) is 7.65. The molecule has 1 aliphatic heterocycles. The van der Waals surface area contributed by atoms with Crippen molar-refractivity contribution in [1.29, 1.82) is 0 Å². The molecule has 2 fully saturated rings. The number of anilines is 1. The van der Waals surface area contributed by atoms with Gasteiger partial charge in [0.25, 0.3) is 0 Å². The summed E-state index contributed by atoms with van der Waals surface area (Å²) in [6.45, 7) is 2.29. The van der Waals surface area contributed by atoms with Crippen LogP contribution in [-0.4, -0.2) is 27.5 Å². The third-order valence-electron chi connectivity index (χ3n) is 4.25. The predicted octanol–water partition coefficient (Wildman–Crippen LogP) is 2.98. The van der Waals surface area contributed by atoms with Gasteiger partial charge in [-0.15, -0.1) is 0 Å². The van der Waals surface area contributed by atoms with Crippen LogP contribution in [0.25, 0.3) is 0 Å². The van der Waals surface area contributed by atoms with Gasteiger partial charge in [0.1, 0.15) is 11.0 Å². The van der Waals surface area contributed by atoms with Crippen LogP contribution in [0.1, 0.15) is 41.9 Å². The second-order valence-electron chi connectivity index (χ2n) is 5.94. The van der Waals surface area contributed by atoms with Crippen molar-refractivity contribution in [3.8, 4) is 0 Å². The van der Waals surface area contributed by atoms with Crippen LogP contribution in [0.4, 0.5) is 10.5 Å². The zero-order valence-corrected chi connectivity index (χ0v) is 13.4. The van der Waals surface area contributed by atoms with Crippen molar-refractivity contribution in [3.63, 3.8) is 0 Å². The molecule has 1 aliphatic carbocycles. The minimum absolute atomic E-state index is 0.128. The fourth-order valence-corrected chi connectivity index (χ4v) is 3.31. The number of amides is 2. The molecule has 1 saturated carbocycles. The Balaban J connectivity index is 1.78. The number of nitrogens with zero attached hydrogens (tertiary/aromatic N) is 4. The second-order valence-corrected chi connectivity index (χ2v) is 6.33. The third-order valence-corrected chi connectivity index (χ3v) is 4.45. The molecule has 2 aromatic heterocycles. The molecule has 3 heterocycles. The summed E-state index contributed by atoms with van der Waals surface area (Å²) in [6, 6.07) is 3.40. The fourth-order valence-electron chi connectivity index (χ4n) is 3.08. The zero-order chi connectivity index (χ0) is 16.0. The number of carbonyl (C=O) groups is 1. The summed E-state index contributed by atoms with van der Waals surface area (Å²) >= 11 is 6.06. The molecule has 23 heavy (non-hydrogen) atoms. The summed E-state index contributed by atoms with van der Waals surface area (Å²) in [7, 11) is 0. The van der Waals surface area contributed by atoms with Gasteiger partial charge < -0.3 is 5.32 Å². The van der Waals surface area contributed by atoms with Gasteiger partial charge in [-0.1, -0.05) is 11.6 Å². The Morgan fingerprint density at radius 2 is 2.17 bits per heavy atom. The van der Waals surface area contributed by atoms with Gasteiger partial charge in [-0.2, -0.15) is 0 Å². The lowest BCUT2D eigenvalue weighted by Crippen LogP contribution is -2.31. The number of pyridine rings is 1. The van der Waals surface area contributed by atoms with Crippen LogP contribution in [0.2, 0.25) is 5.15 Å². The van der Waals surface area contributed by atoms with E-state index in [4.69, 9.17) is 11.6 Å². The molecule has 2 aliphatic rings. The van der Waals surface area contributed by atoms with Gasteiger partial charge in [0, 0.05) is 12.7 Å². The highest BCUT2D eigenvalue weighted by molar-refractivity contribution is 6.29. The first-order valence-corrected chi connectivity index (χ1v) is 8.03. The predicted molar refractivity (Wildman–Crippen MR) is 86.6 cm³/mol. The Morgan fingerprint density at radius 3 is 2.91 bits per heavy atom. The summed E-state index contributed by atoms with van der Waals surface area (Å²) in [5, 5.41) is 3.29. The van der Waals surface area contributed by atoms with Crippen LogP contribution in [0.3, 0.4) is 0 Å². The summed E-state index contributed by atoms with van der Waals surface area (Å²) in [4.78, 5) is 27.0. The molecule has 7 heteroatoms. The average Bonchev–Trinajstić information content (AvgIpc) is 3.29. The van der Waals surface area contributed by atoms with Crippen molar-refractivity contribution in [1.82, 2.24) is 20.3 Å². The van der Waals surface area contributed by atoms with E-state index in [0.29, 0.717) is 23.4 Å². The molecule has 2 amide bonds. The number of halogens is 1. The Kier molecular flexibility index (Phi) is 3.41. The van der Waals surface area contributed by atoms with Crippen LogP contribution in [0.5, 0.6) is 0 Å². The molecule has 1 saturated heterocycles. The number of hydrogen-bond donors (Lipinski definition) is 1. The average molecular weight is 330 g/mol. The molecule has 6 nitrogen and oxygen atoms in total. The van der Waals surface area contributed by atoms with Gasteiger partial charge in [0.2, 0.25) is 0 Å². The first-order chi connectivity index (χ1) is 11.1. The number of rotatable bonds is 3. The highest BCUT2D eigenvalue weighted by Crippen LogP contribution is 2.45. The van der Waals surface area contributed by atoms with Crippen molar-refractivity contribution >= 4 is 23.3 Å². The first kappa shape index (κ1) is 14.4. The van der Waals surface area contributed by atoms with Crippen molar-refractivity contribution in [3.05, 3.63) is 46.8 Å². The maximum atomic E-state index is 12.4. The molecular weight excluding hydrogens is 314 g/mol. The normalized spacial score (nSPS) is 20.7. The van der Waals surface area contributed by atoms with Gasteiger partial charge in [0.05, 0.1) is 23.6 Å². The van der Waals surface area contributed by atoms with Gasteiger partial charge in [0.15, 0.2) is 0 Å². The number of carbonyl (C=O) groups excluding carboxylic acids is 1. The van der Waals surface area contributed by atoms with E-state index in [2.05, 4.69) is 20.3 Å². The van der Waals surface area contributed by atoms with E-state index in [0.717, 1.165) is 24.2 Å². The van der Waals surface area contributed by atoms with Gasteiger partial charge in [-0.3, -0.25) is 9.88 Å². The summed E-state index contributed by atoms with van der Waals surface area (Å²) < 4.78 is 0. The molecule has 118 valence electrons. The minimum atomic E-state index is -0.205. The van der Waals surface area contributed by atoms with Crippen molar-refractivity contribution in [2.45, 2.75) is 31.7 Å². The van der Waals surface area contributed by atoms with Crippen LogP contribution >= 0.6 is 11.6 Å². The number of hydrogen-bond acceptors (Lipinski definition) is 4. The molecule has 0 spiro atoms. The maximum absolute atomic E-state index is 12.4. The SMILES string of the molecule is Cc1nc(Cl)cc(C2CNC(=O)N2c2cnccc2C2CC2)n1. The zero-order valence-electron chi connectivity index (χ0n) is 12.7. The molecule has 1 unspecified atom stereocenters. The molecule has 4 rings (SSSR count). The van der Waals surface area contributed by atoms with Crippen molar-refractivity contribution in [2.75, 3.05) is 11.4 Å². The molecule has 0 radical (unpaired) electrons. The molecule has 1 N–H and O–H groups in total. The van der Waals surface area contributed by atoms with Gasteiger partial charge in [-0.25, -0.2) is 14.8 Å². The van der Waals surface area contributed by atoms with E-state index >= 15 is 0 Å². The quantitative estimate of drug-likeness (QED) is 0.879. The lowest BCUT2D eigenvalue weighted by molar-refractivity contribution is 0.251. The standard InChI is InChI=1S/C16H16ClN5O/c1-9-20-12(6-15(17)21-9)14-8-19-16(23)22(14)13-7-18-5-4-11(13)10-2-3-10/h4-7,10,14H,2-3,8H2,1H3,(H,19,23). The lowest BCUT2D eigenvalue weighted by Gasteiger charge is -2.25. The topological polar surface area (TPSA) is 71.0 Å². The van der Waals surface area contributed by atoms with Crippen LogP contribution in [0.15, 0.2) is 24.5 Å². The van der Waals surface area contributed by atoms with Crippen LogP contribution < -0.4 is 10.2 Å². The molecule has 2 aromatic rings. The molecule has 0 aromatic carbocycles. The minimum Gasteiger partial charge on any atom is -0.335 e. The molecule has 1 atom stereocenters. The van der Waals surface area contributed by atoms with Crippen LogP contribution in [0, 0.1) is 6.92 Å². The molecule has 0 bridgehead atoms. The smallest absolute Gasteiger partial charge is 0.322 e. The largest absolute Gasteiger partial charge is 0.335 e. The summed E-state index contributed by atoms with van der Waals surface area (Å²) in [5.74, 6) is 1.12. The van der Waals surface area contributed by atoms with Crippen LogP contribution in [-0.2, 0) is 0 Å². The number of aryl methyl sites for hydroxylation is 1. The molecular formula is C16H16ClN5O. The fraction of sp³-hybridized carbons (Fsp3) is 0.375. The number of nitrogens with one attached hydrogen (secondary N) is 1. The Bertz CT molecular complexity index is 757. The third kappa shape index (κ3) is 2.63. The van der Waals surface area contributed by atoms with E-state index in [9.17, 15) is 4.79 Å². The summed E-state index contributed by atoms with van der Waals surface area (Å²) in [6.07, 6.45) is 5.87. The van der Waals surface area contributed by atoms with E-state index in [1.807, 2.05) is 6.07 Å². The number of aromatic nitrogens is 3. The van der Waals surface area contributed by atoms with E-state index in [1.165, 1.54) is 5.56 Å². The van der Waals surface area contributed by atoms with Crippen molar-refractivity contribution < 1.29 is 4.79 Å². The monoisotopic (exact) mass is 329 g/mol. The maximum Gasteiger partial charge on any atom is 0.322 e. The Morgan fingerprint density at radius 1 is 1.35 bits per heavy atom. The van der Waals surface area contributed by atoms with E-state index in [-0.39, 0.29) is 12.1 Å². The van der Waals surface area contributed by atoms with E-state index < -0.39 is 0 Å². The van der Waals surface area contributed by atoms with Gasteiger partial charge in [-0.05, 0) is 43.4 Å². The van der Waals surface area contributed by atoms with Crippen molar-refractivity contribution in [2.24, 2.45) is 0 Å². The second kappa shape index (κ2) is 5.45. The Labute approximate surface area is 138 Å². The highest BCUT2D eigenvalue weighted by atomic mass is 35.5. The Hall–Kier alpha value is -2.21.